The second kappa shape index (κ2) is 9.82. The Morgan fingerprint density at radius 1 is 1.11 bits per heavy atom. The number of nitrogens with two attached hydrogens (primary N) is 1. The van der Waals surface area contributed by atoms with Crippen LogP contribution in [-0.2, 0) is 19.4 Å². The second-order valence-corrected chi connectivity index (χ2v) is 11.6. The van der Waals surface area contributed by atoms with Crippen molar-refractivity contribution >= 4 is 56.0 Å². The van der Waals surface area contributed by atoms with E-state index in [4.69, 9.17) is 17.3 Å². The molecule has 3 aromatic rings. The number of hydrogen-bond acceptors (Lipinski definition) is 7. The minimum Gasteiger partial charge on any atom is -0.368 e. The molecule has 0 bridgehead atoms. The quantitative estimate of drug-likeness (QED) is 0.485. The largest absolute Gasteiger partial charge is 0.368 e. The fraction of sp³-hybridized carbons (Fsp3) is 0.167. The van der Waals surface area contributed by atoms with Gasteiger partial charge >= 0.3 is 0 Å². The van der Waals surface area contributed by atoms with Crippen molar-refractivity contribution in [1.29, 1.82) is 0 Å². The zero-order chi connectivity index (χ0) is 25.3. The van der Waals surface area contributed by atoms with Crippen molar-refractivity contribution in [3.8, 4) is 10.4 Å². The monoisotopic (exact) mass is 530 g/mol. The van der Waals surface area contributed by atoms with Crippen molar-refractivity contribution in [3.05, 3.63) is 76.6 Å². The highest BCUT2D eigenvalue weighted by atomic mass is 35.5. The minimum atomic E-state index is -3.34. The SMILES string of the molecule is CN(CC(N)=O)C(=O)C1C=C(c2ccc(-c3cccc(S(C)(=O)=O)c3)s2)N(c2ccccc2Cl)N1. The molecule has 1 aliphatic heterocycles. The summed E-state index contributed by atoms with van der Waals surface area (Å²) in [5, 5.41) is 2.23. The summed E-state index contributed by atoms with van der Waals surface area (Å²) < 4.78 is 24.0. The van der Waals surface area contributed by atoms with E-state index in [-0.39, 0.29) is 17.3 Å². The van der Waals surface area contributed by atoms with Crippen LogP contribution < -0.4 is 16.2 Å². The molecule has 2 heterocycles. The number of anilines is 1. The molecule has 1 atom stereocenters. The van der Waals surface area contributed by atoms with E-state index in [1.807, 2.05) is 36.4 Å². The summed E-state index contributed by atoms with van der Waals surface area (Å²) in [6.45, 7) is -0.202. The van der Waals surface area contributed by atoms with Crippen molar-refractivity contribution < 1.29 is 18.0 Å². The third-order valence-corrected chi connectivity index (χ3v) is 7.95. The molecule has 0 fully saturated rings. The minimum absolute atomic E-state index is 0.202. The van der Waals surface area contributed by atoms with Gasteiger partial charge in [0.2, 0.25) is 11.8 Å². The first-order valence-electron chi connectivity index (χ1n) is 10.5. The van der Waals surface area contributed by atoms with Gasteiger partial charge in [0.05, 0.1) is 32.7 Å². The van der Waals surface area contributed by atoms with E-state index in [0.29, 0.717) is 16.4 Å². The Hall–Kier alpha value is -3.18. The number of hydrazine groups is 1. The maximum atomic E-state index is 13.0. The van der Waals surface area contributed by atoms with Crippen molar-refractivity contribution in [2.24, 2.45) is 5.73 Å². The highest BCUT2D eigenvalue weighted by Crippen LogP contribution is 2.39. The van der Waals surface area contributed by atoms with Crippen LogP contribution >= 0.6 is 22.9 Å². The molecule has 0 saturated heterocycles. The molecular formula is C24H23ClN4O4S2. The summed E-state index contributed by atoms with van der Waals surface area (Å²) in [5.74, 6) is -0.932. The fourth-order valence-electron chi connectivity index (χ4n) is 3.69. The Bertz CT molecular complexity index is 1430. The Morgan fingerprint density at radius 3 is 2.51 bits per heavy atom. The van der Waals surface area contributed by atoms with Crippen LogP contribution in [0.1, 0.15) is 4.88 Å². The Kier molecular flexibility index (Phi) is 7.00. The smallest absolute Gasteiger partial charge is 0.245 e. The standard InChI is InChI=1S/C24H23ClN4O4S2/c1-28(14-23(26)30)24(31)18-13-20(29(27-18)19-9-4-3-8-17(19)25)22-11-10-21(34-22)15-6-5-7-16(12-15)35(2,32)33/h3-13,18,27H,14H2,1-2H3,(H2,26,30). The number of nitrogens with zero attached hydrogens (tertiary/aromatic N) is 2. The van der Waals surface area contributed by atoms with Crippen molar-refractivity contribution in [2.45, 2.75) is 10.9 Å². The number of para-hydroxylation sites is 1. The number of likely N-dealkylation sites (N-methyl/N-ethyl adjacent to an activating group) is 1. The molecule has 1 aromatic heterocycles. The average molecular weight is 531 g/mol. The van der Waals surface area contributed by atoms with Crippen molar-refractivity contribution in [1.82, 2.24) is 10.3 Å². The summed E-state index contributed by atoms with van der Waals surface area (Å²) >= 11 is 7.91. The number of thiophene rings is 1. The molecule has 0 radical (unpaired) electrons. The molecule has 3 N–H and O–H groups in total. The topological polar surface area (TPSA) is 113 Å². The highest BCUT2D eigenvalue weighted by Gasteiger charge is 2.33. The van der Waals surface area contributed by atoms with Gasteiger partial charge in [0, 0.05) is 18.2 Å². The Balaban J connectivity index is 1.72. The molecule has 0 aliphatic carbocycles. The molecule has 2 aromatic carbocycles. The molecule has 1 unspecified atom stereocenters. The predicted molar refractivity (Wildman–Crippen MR) is 139 cm³/mol. The van der Waals surface area contributed by atoms with Crippen LogP contribution in [0.4, 0.5) is 5.69 Å². The van der Waals surface area contributed by atoms with Crippen LogP contribution in [0.15, 0.2) is 71.6 Å². The molecule has 2 amide bonds. The van der Waals surface area contributed by atoms with Gasteiger partial charge in [0.25, 0.3) is 0 Å². The molecule has 1 aliphatic rings. The van der Waals surface area contributed by atoms with Gasteiger partial charge in [0.15, 0.2) is 9.84 Å². The maximum Gasteiger partial charge on any atom is 0.245 e. The predicted octanol–water partition coefficient (Wildman–Crippen LogP) is 3.15. The lowest BCUT2D eigenvalue weighted by atomic mass is 10.2. The summed E-state index contributed by atoms with van der Waals surface area (Å²) in [4.78, 5) is 27.5. The summed E-state index contributed by atoms with van der Waals surface area (Å²) in [6.07, 6.45) is 2.94. The van der Waals surface area contributed by atoms with Gasteiger partial charge in [0.1, 0.15) is 6.04 Å². The van der Waals surface area contributed by atoms with Gasteiger partial charge in [-0.3, -0.25) is 14.6 Å². The van der Waals surface area contributed by atoms with Crippen LogP contribution in [-0.4, -0.2) is 51.0 Å². The third-order valence-electron chi connectivity index (χ3n) is 5.37. The fourth-order valence-corrected chi connectivity index (χ4v) is 5.59. The first-order valence-corrected chi connectivity index (χ1v) is 13.6. The number of nitrogens with one attached hydrogen (secondary N) is 1. The van der Waals surface area contributed by atoms with Crippen LogP contribution in [0.3, 0.4) is 0 Å². The van der Waals surface area contributed by atoms with Gasteiger partial charge in [-0.2, -0.15) is 0 Å². The van der Waals surface area contributed by atoms with E-state index in [9.17, 15) is 18.0 Å². The third kappa shape index (κ3) is 5.40. The molecular weight excluding hydrogens is 508 g/mol. The second-order valence-electron chi connectivity index (χ2n) is 8.07. The summed E-state index contributed by atoms with van der Waals surface area (Å²) in [6, 6.07) is 17.1. The number of benzene rings is 2. The van der Waals surface area contributed by atoms with E-state index in [1.165, 1.54) is 29.5 Å². The lowest BCUT2D eigenvalue weighted by Crippen LogP contribution is -2.48. The van der Waals surface area contributed by atoms with Gasteiger partial charge in [-0.25, -0.2) is 13.8 Å². The van der Waals surface area contributed by atoms with Crippen molar-refractivity contribution in [2.75, 3.05) is 24.9 Å². The average Bonchev–Trinajstić information content (AvgIpc) is 3.45. The zero-order valence-corrected chi connectivity index (χ0v) is 21.3. The van der Waals surface area contributed by atoms with E-state index in [2.05, 4.69) is 5.43 Å². The lowest BCUT2D eigenvalue weighted by molar-refractivity contribution is -0.134. The number of hydrogen-bond donors (Lipinski definition) is 2. The van der Waals surface area contributed by atoms with Gasteiger partial charge in [-0.15, -0.1) is 11.3 Å². The van der Waals surface area contributed by atoms with E-state index in [1.54, 1.807) is 35.4 Å². The summed E-state index contributed by atoms with van der Waals surface area (Å²) in [5.41, 5.74) is 10.6. The number of amides is 2. The van der Waals surface area contributed by atoms with Crippen LogP contribution in [0.5, 0.6) is 0 Å². The number of carbonyl (C=O) groups excluding carboxylic acids is 2. The van der Waals surface area contributed by atoms with Gasteiger partial charge < -0.3 is 10.6 Å². The van der Waals surface area contributed by atoms with Crippen LogP contribution in [0.25, 0.3) is 16.1 Å². The van der Waals surface area contributed by atoms with Crippen LogP contribution in [0.2, 0.25) is 5.02 Å². The highest BCUT2D eigenvalue weighted by molar-refractivity contribution is 7.90. The molecule has 11 heteroatoms. The molecule has 0 saturated carbocycles. The Morgan fingerprint density at radius 2 is 1.83 bits per heavy atom. The van der Waals surface area contributed by atoms with Crippen LogP contribution in [0, 0.1) is 0 Å². The number of rotatable bonds is 7. The lowest BCUT2D eigenvalue weighted by Gasteiger charge is -2.25. The number of primary amides is 1. The van der Waals surface area contributed by atoms with Gasteiger partial charge in [-0.1, -0.05) is 35.9 Å². The van der Waals surface area contributed by atoms with E-state index >= 15 is 0 Å². The number of halogens is 1. The molecule has 35 heavy (non-hydrogen) atoms. The number of carbonyl (C=O) groups is 2. The first kappa shape index (κ1) is 24.9. The van der Waals surface area contributed by atoms with Gasteiger partial charge in [-0.05, 0) is 48.0 Å². The molecule has 4 rings (SSSR count). The number of sulfone groups is 1. The maximum absolute atomic E-state index is 13.0. The molecule has 0 spiro atoms. The normalized spacial score (nSPS) is 15.7. The molecule has 182 valence electrons. The Labute approximate surface area is 212 Å². The van der Waals surface area contributed by atoms with E-state index < -0.39 is 21.8 Å². The van der Waals surface area contributed by atoms with E-state index in [0.717, 1.165) is 15.3 Å². The summed E-state index contributed by atoms with van der Waals surface area (Å²) in [7, 11) is -1.83. The molecule has 8 nitrogen and oxygen atoms in total. The first-order chi connectivity index (χ1) is 16.5. The van der Waals surface area contributed by atoms with Crippen molar-refractivity contribution in [3.63, 3.8) is 0 Å². The zero-order valence-electron chi connectivity index (χ0n) is 18.9.